The first-order valence-electron chi connectivity index (χ1n) is 11.5. The van der Waals surface area contributed by atoms with Gasteiger partial charge in [-0.25, -0.2) is 15.0 Å². The number of para-hydroxylation sites is 2. The highest BCUT2D eigenvalue weighted by Crippen LogP contribution is 2.43. The summed E-state index contributed by atoms with van der Waals surface area (Å²) in [5.74, 6) is 0. The first-order chi connectivity index (χ1) is 17.1. The van der Waals surface area contributed by atoms with Gasteiger partial charge in [0, 0.05) is 41.5 Å². The quantitative estimate of drug-likeness (QED) is 0.214. The van der Waals surface area contributed by atoms with Crippen molar-refractivity contribution in [3.05, 3.63) is 78.5 Å². The Labute approximate surface area is 200 Å². The molecular formula is C29H21N5O. The lowest BCUT2D eigenvalue weighted by atomic mass is 9.93. The molecule has 4 aromatic carbocycles. The van der Waals surface area contributed by atoms with Crippen molar-refractivity contribution in [3.63, 3.8) is 0 Å². The summed E-state index contributed by atoms with van der Waals surface area (Å²) in [5, 5.41) is 8.18. The van der Waals surface area contributed by atoms with Gasteiger partial charge < -0.3 is 9.42 Å². The number of fused-ring (bicyclic) bond motifs is 8. The van der Waals surface area contributed by atoms with Gasteiger partial charge in [0.15, 0.2) is 0 Å². The molecule has 0 aliphatic heterocycles. The summed E-state index contributed by atoms with van der Waals surface area (Å²) in [4.78, 5) is 17.3. The van der Waals surface area contributed by atoms with Crippen LogP contribution in [-0.2, 0) is 0 Å². The van der Waals surface area contributed by atoms with Gasteiger partial charge in [0.05, 0.1) is 33.1 Å². The lowest BCUT2D eigenvalue weighted by Crippen LogP contribution is -2.07. The average molecular weight is 456 g/mol. The highest BCUT2D eigenvalue weighted by molar-refractivity contribution is 6.29. The predicted molar refractivity (Wildman–Crippen MR) is 142 cm³/mol. The minimum Gasteiger partial charge on any atom is -0.378 e. The predicted octanol–water partition coefficient (Wildman–Crippen LogP) is 6.67. The molecule has 0 amide bonds. The first kappa shape index (κ1) is 19.9. The molecule has 0 fully saturated rings. The van der Waals surface area contributed by atoms with E-state index in [0.717, 1.165) is 71.6 Å². The van der Waals surface area contributed by atoms with Crippen molar-refractivity contribution >= 4 is 60.5 Å². The van der Waals surface area contributed by atoms with Crippen LogP contribution in [0.5, 0.6) is 0 Å². The van der Waals surface area contributed by atoms with E-state index in [4.69, 9.17) is 19.5 Å². The van der Waals surface area contributed by atoms with Crippen molar-refractivity contribution in [2.45, 2.75) is 6.92 Å². The zero-order chi connectivity index (χ0) is 23.7. The van der Waals surface area contributed by atoms with Gasteiger partial charge in [-0.05, 0) is 36.8 Å². The SMILES string of the molecule is Cc1noc2nc3c4ccccc4c4nc5ccccc5nc4c3c(-c3ccc(N(C)C)cc3)c12. The molecule has 0 aliphatic rings. The minimum absolute atomic E-state index is 0.528. The van der Waals surface area contributed by atoms with Crippen molar-refractivity contribution in [1.29, 1.82) is 0 Å². The fourth-order valence-corrected chi connectivity index (χ4v) is 5.02. The van der Waals surface area contributed by atoms with Gasteiger partial charge in [-0.1, -0.05) is 53.7 Å². The van der Waals surface area contributed by atoms with E-state index in [1.54, 1.807) is 0 Å². The van der Waals surface area contributed by atoms with E-state index in [1.807, 2.05) is 57.4 Å². The second-order valence-electron chi connectivity index (χ2n) is 9.05. The second-order valence-corrected chi connectivity index (χ2v) is 9.05. The number of rotatable bonds is 2. The Hall–Kier alpha value is -4.58. The number of hydrogen-bond acceptors (Lipinski definition) is 6. The van der Waals surface area contributed by atoms with Crippen LogP contribution in [0.4, 0.5) is 5.69 Å². The Morgan fingerprint density at radius 1 is 0.657 bits per heavy atom. The van der Waals surface area contributed by atoms with Crippen molar-refractivity contribution in [1.82, 2.24) is 20.1 Å². The average Bonchev–Trinajstić information content (AvgIpc) is 3.27. The summed E-state index contributed by atoms with van der Waals surface area (Å²) in [6.07, 6.45) is 0. The van der Waals surface area contributed by atoms with Crippen molar-refractivity contribution < 1.29 is 4.52 Å². The maximum absolute atomic E-state index is 5.71. The molecule has 0 spiro atoms. The Morgan fingerprint density at radius 3 is 1.97 bits per heavy atom. The minimum atomic E-state index is 0.528. The van der Waals surface area contributed by atoms with Crippen LogP contribution in [-0.4, -0.2) is 34.2 Å². The van der Waals surface area contributed by atoms with E-state index >= 15 is 0 Å². The maximum atomic E-state index is 5.71. The molecule has 0 bridgehead atoms. The van der Waals surface area contributed by atoms with Crippen LogP contribution in [0.15, 0.2) is 77.3 Å². The normalized spacial score (nSPS) is 11.9. The smallest absolute Gasteiger partial charge is 0.259 e. The number of benzene rings is 4. The fourth-order valence-electron chi connectivity index (χ4n) is 5.02. The molecule has 6 nitrogen and oxygen atoms in total. The van der Waals surface area contributed by atoms with Crippen LogP contribution in [0.1, 0.15) is 5.69 Å². The summed E-state index contributed by atoms with van der Waals surface area (Å²) in [6, 6.07) is 24.8. The highest BCUT2D eigenvalue weighted by Gasteiger charge is 2.23. The zero-order valence-electron chi connectivity index (χ0n) is 19.6. The number of pyridine rings is 1. The van der Waals surface area contributed by atoms with E-state index in [9.17, 15) is 0 Å². The molecule has 0 atom stereocenters. The van der Waals surface area contributed by atoms with Crippen LogP contribution in [0, 0.1) is 6.92 Å². The summed E-state index contributed by atoms with van der Waals surface area (Å²) in [7, 11) is 4.08. The molecule has 168 valence electrons. The molecule has 0 saturated heterocycles. The van der Waals surface area contributed by atoms with E-state index in [-0.39, 0.29) is 0 Å². The summed E-state index contributed by atoms with van der Waals surface area (Å²) in [5.41, 5.74) is 8.81. The summed E-state index contributed by atoms with van der Waals surface area (Å²) in [6.45, 7) is 1.96. The molecular weight excluding hydrogens is 434 g/mol. The number of nitrogens with zero attached hydrogens (tertiary/aromatic N) is 5. The van der Waals surface area contributed by atoms with Gasteiger partial charge in [-0.2, -0.15) is 0 Å². The summed E-state index contributed by atoms with van der Waals surface area (Å²) < 4.78 is 5.71. The van der Waals surface area contributed by atoms with E-state index in [1.165, 1.54) is 0 Å². The Balaban J connectivity index is 1.77. The van der Waals surface area contributed by atoms with Gasteiger partial charge in [0.1, 0.15) is 5.52 Å². The highest BCUT2D eigenvalue weighted by atomic mass is 16.5. The van der Waals surface area contributed by atoms with Gasteiger partial charge in [0.25, 0.3) is 5.71 Å². The van der Waals surface area contributed by atoms with Crippen LogP contribution in [0.25, 0.3) is 66.0 Å². The third-order valence-corrected chi connectivity index (χ3v) is 6.71. The Morgan fingerprint density at radius 2 is 1.29 bits per heavy atom. The molecule has 0 N–H and O–H groups in total. The van der Waals surface area contributed by atoms with Gasteiger partial charge >= 0.3 is 0 Å². The van der Waals surface area contributed by atoms with Crippen LogP contribution >= 0.6 is 0 Å². The molecule has 0 unspecified atom stereocenters. The van der Waals surface area contributed by atoms with Gasteiger partial charge in [-0.15, -0.1) is 0 Å². The van der Waals surface area contributed by atoms with Gasteiger partial charge in [0.2, 0.25) is 0 Å². The van der Waals surface area contributed by atoms with E-state index in [2.05, 4.69) is 46.5 Å². The molecule has 3 aromatic heterocycles. The van der Waals surface area contributed by atoms with Crippen LogP contribution in [0.3, 0.4) is 0 Å². The zero-order valence-corrected chi connectivity index (χ0v) is 19.6. The Bertz CT molecular complexity index is 1940. The lowest BCUT2D eigenvalue weighted by molar-refractivity contribution is 0.443. The van der Waals surface area contributed by atoms with E-state index < -0.39 is 0 Å². The third-order valence-electron chi connectivity index (χ3n) is 6.71. The monoisotopic (exact) mass is 455 g/mol. The third kappa shape index (κ3) is 2.83. The maximum Gasteiger partial charge on any atom is 0.259 e. The molecule has 7 aromatic rings. The molecule has 35 heavy (non-hydrogen) atoms. The number of hydrogen-bond donors (Lipinski definition) is 0. The first-order valence-corrected chi connectivity index (χ1v) is 11.5. The summed E-state index contributed by atoms with van der Waals surface area (Å²) >= 11 is 0. The largest absolute Gasteiger partial charge is 0.378 e. The topological polar surface area (TPSA) is 67.9 Å². The number of aromatic nitrogens is 4. The van der Waals surface area contributed by atoms with Gasteiger partial charge in [-0.3, -0.25) is 0 Å². The van der Waals surface area contributed by atoms with Crippen molar-refractivity contribution in [2.75, 3.05) is 19.0 Å². The van der Waals surface area contributed by atoms with Crippen LogP contribution in [0.2, 0.25) is 0 Å². The molecule has 7 rings (SSSR count). The van der Waals surface area contributed by atoms with Crippen LogP contribution < -0.4 is 4.90 Å². The number of aryl methyl sites for hydroxylation is 1. The molecule has 6 heteroatoms. The van der Waals surface area contributed by atoms with E-state index in [0.29, 0.717) is 5.71 Å². The standard InChI is InChI=1S/C29H21N5O/c1-16-23-24(17-12-14-18(15-13-17)34(2)3)25-26(32-29(23)35-33-16)19-8-4-5-9-20(19)27-28(25)31-22-11-7-6-10-21(22)30-27/h4-15H,1-3H3. The molecule has 0 radical (unpaired) electrons. The number of anilines is 1. The van der Waals surface area contributed by atoms with Crippen molar-refractivity contribution in [2.24, 2.45) is 0 Å². The molecule has 0 aliphatic carbocycles. The fraction of sp³-hybridized carbons (Fsp3) is 0.103. The van der Waals surface area contributed by atoms with Crippen molar-refractivity contribution in [3.8, 4) is 11.1 Å². The lowest BCUT2D eigenvalue weighted by Gasteiger charge is -2.16. The molecule has 0 saturated carbocycles. The second kappa shape index (κ2) is 7.21. The molecule has 3 heterocycles. The Kier molecular flexibility index (Phi) is 4.09.